The summed E-state index contributed by atoms with van der Waals surface area (Å²) < 4.78 is 34.1. The van der Waals surface area contributed by atoms with E-state index in [4.69, 9.17) is 4.74 Å². The van der Waals surface area contributed by atoms with Gasteiger partial charge in [-0.25, -0.2) is 13.4 Å². The first-order valence-electron chi connectivity index (χ1n) is 12.7. The lowest BCUT2D eigenvalue weighted by Gasteiger charge is -2.34. The first kappa shape index (κ1) is 23.7. The van der Waals surface area contributed by atoms with Gasteiger partial charge in [0.15, 0.2) is 0 Å². The van der Waals surface area contributed by atoms with Crippen LogP contribution in [0.3, 0.4) is 0 Å². The number of hydrogen-bond donors (Lipinski definition) is 1. The van der Waals surface area contributed by atoms with Crippen LogP contribution in [0.5, 0.6) is 0 Å². The maximum atomic E-state index is 13.2. The van der Waals surface area contributed by atoms with E-state index in [0.717, 1.165) is 54.9 Å². The van der Waals surface area contributed by atoms with Crippen molar-refractivity contribution in [3.05, 3.63) is 36.4 Å². The van der Waals surface area contributed by atoms with Crippen LogP contribution in [0.4, 0.5) is 0 Å². The average molecular weight is 485 g/mol. The van der Waals surface area contributed by atoms with Gasteiger partial charge >= 0.3 is 0 Å². The molecule has 2 aliphatic rings. The predicted octanol–water partition coefficient (Wildman–Crippen LogP) is 4.85. The average Bonchev–Trinajstić information content (AvgIpc) is 3.32. The van der Waals surface area contributed by atoms with Gasteiger partial charge in [-0.1, -0.05) is 13.8 Å². The summed E-state index contributed by atoms with van der Waals surface area (Å²) in [4.78, 5) is 12.2. The number of nitrogens with zero attached hydrogens (tertiary/aromatic N) is 3. The van der Waals surface area contributed by atoms with Gasteiger partial charge in [-0.05, 0) is 67.9 Å². The molecular formula is C26H36N4O3S. The van der Waals surface area contributed by atoms with E-state index in [1.54, 1.807) is 4.31 Å². The van der Waals surface area contributed by atoms with Crippen LogP contribution in [0.2, 0.25) is 0 Å². The van der Waals surface area contributed by atoms with Crippen LogP contribution in [0.1, 0.15) is 63.9 Å². The van der Waals surface area contributed by atoms with Gasteiger partial charge in [-0.15, -0.1) is 0 Å². The number of hydrogen-bond acceptors (Lipinski definition) is 5. The molecule has 0 aromatic carbocycles. The second-order valence-corrected chi connectivity index (χ2v) is 12.6. The zero-order valence-electron chi connectivity index (χ0n) is 20.2. The van der Waals surface area contributed by atoms with E-state index in [1.807, 2.05) is 24.8 Å². The summed E-state index contributed by atoms with van der Waals surface area (Å²) in [6.45, 7) is 6.07. The summed E-state index contributed by atoms with van der Waals surface area (Å²) in [6.07, 6.45) is 13.4. The summed E-state index contributed by atoms with van der Waals surface area (Å²) in [7, 11) is -3.26. The summed E-state index contributed by atoms with van der Waals surface area (Å²) in [5.41, 5.74) is 2.17. The number of aromatic nitrogens is 3. The van der Waals surface area contributed by atoms with E-state index in [9.17, 15) is 8.42 Å². The Morgan fingerprint density at radius 2 is 1.97 bits per heavy atom. The summed E-state index contributed by atoms with van der Waals surface area (Å²) in [5.74, 6) is 1.34. The van der Waals surface area contributed by atoms with Crippen molar-refractivity contribution in [2.24, 2.45) is 11.8 Å². The van der Waals surface area contributed by atoms with Crippen LogP contribution < -0.4 is 0 Å². The minimum Gasteiger partial charge on any atom is -0.377 e. The van der Waals surface area contributed by atoms with Crippen molar-refractivity contribution in [2.75, 3.05) is 25.4 Å². The molecule has 5 rings (SSSR count). The van der Waals surface area contributed by atoms with Crippen molar-refractivity contribution in [3.63, 3.8) is 0 Å². The summed E-state index contributed by atoms with van der Waals surface area (Å²) in [5, 5.41) is 3.44. The molecule has 7 nitrogen and oxygen atoms in total. The normalized spacial score (nSPS) is 24.9. The molecule has 0 bridgehead atoms. The van der Waals surface area contributed by atoms with Crippen LogP contribution in [-0.4, -0.2) is 59.2 Å². The van der Waals surface area contributed by atoms with E-state index < -0.39 is 10.0 Å². The maximum absolute atomic E-state index is 13.2. The molecule has 1 unspecified atom stereocenters. The van der Waals surface area contributed by atoms with E-state index in [2.05, 4.69) is 34.9 Å². The van der Waals surface area contributed by atoms with E-state index in [0.29, 0.717) is 31.5 Å². The highest BCUT2D eigenvalue weighted by molar-refractivity contribution is 7.89. The van der Waals surface area contributed by atoms with Crippen molar-refractivity contribution in [2.45, 2.75) is 64.4 Å². The molecule has 4 heterocycles. The molecule has 0 amide bonds. The number of pyridine rings is 2. The monoisotopic (exact) mass is 484 g/mol. The molecular weight excluding hydrogens is 448 g/mol. The summed E-state index contributed by atoms with van der Waals surface area (Å²) in [6, 6.07) is 2.09. The number of rotatable bonds is 7. The molecule has 2 fully saturated rings. The third kappa shape index (κ3) is 4.99. The van der Waals surface area contributed by atoms with Crippen LogP contribution in [-0.2, 0) is 14.8 Å². The SMILES string of the molecule is CC(C)COC1CCCN(S(=O)(=O)CC2CCC(c3cncc4cnc5[nH]ccc5c34)CC2)C1. The van der Waals surface area contributed by atoms with Crippen LogP contribution in [0, 0.1) is 11.8 Å². The van der Waals surface area contributed by atoms with Gasteiger partial charge in [0, 0.05) is 60.6 Å². The third-order valence-electron chi connectivity index (χ3n) is 7.46. The van der Waals surface area contributed by atoms with Gasteiger partial charge in [0.25, 0.3) is 0 Å². The van der Waals surface area contributed by atoms with Crippen LogP contribution >= 0.6 is 0 Å². The van der Waals surface area contributed by atoms with Gasteiger partial charge in [0.1, 0.15) is 5.65 Å². The largest absolute Gasteiger partial charge is 0.377 e. The minimum absolute atomic E-state index is 0.0280. The molecule has 1 N–H and O–H groups in total. The minimum atomic E-state index is -3.26. The zero-order valence-corrected chi connectivity index (χ0v) is 21.1. The van der Waals surface area contributed by atoms with Crippen molar-refractivity contribution in [3.8, 4) is 0 Å². The van der Waals surface area contributed by atoms with Gasteiger partial charge in [-0.3, -0.25) is 4.98 Å². The Balaban J connectivity index is 1.23. The molecule has 0 radical (unpaired) electrons. The lowest BCUT2D eigenvalue weighted by molar-refractivity contribution is 0.00547. The van der Waals surface area contributed by atoms with Crippen molar-refractivity contribution < 1.29 is 13.2 Å². The molecule has 1 aliphatic carbocycles. The number of piperidine rings is 1. The van der Waals surface area contributed by atoms with E-state index >= 15 is 0 Å². The van der Waals surface area contributed by atoms with Gasteiger partial charge in [0.05, 0.1) is 11.9 Å². The number of aromatic amines is 1. The van der Waals surface area contributed by atoms with Crippen LogP contribution in [0.15, 0.2) is 30.9 Å². The Kier molecular flexibility index (Phi) is 6.91. The fraction of sp³-hybridized carbons (Fsp3) is 0.615. The molecule has 1 atom stereocenters. The maximum Gasteiger partial charge on any atom is 0.214 e. The highest BCUT2D eigenvalue weighted by Crippen LogP contribution is 2.40. The van der Waals surface area contributed by atoms with Gasteiger partial charge in [-0.2, -0.15) is 4.31 Å². The fourth-order valence-electron chi connectivity index (χ4n) is 5.68. The first-order valence-corrected chi connectivity index (χ1v) is 14.3. The molecule has 34 heavy (non-hydrogen) atoms. The zero-order chi connectivity index (χ0) is 23.7. The smallest absolute Gasteiger partial charge is 0.214 e. The van der Waals surface area contributed by atoms with Crippen molar-refractivity contribution in [1.82, 2.24) is 19.3 Å². The topological polar surface area (TPSA) is 88.2 Å². The Bertz CT molecular complexity index is 1230. The van der Waals surface area contributed by atoms with E-state index in [-0.39, 0.29) is 17.8 Å². The highest BCUT2D eigenvalue weighted by atomic mass is 32.2. The molecule has 3 aromatic rings. The Morgan fingerprint density at radius 3 is 2.76 bits per heavy atom. The number of H-pyrrole nitrogens is 1. The molecule has 1 saturated carbocycles. The number of ether oxygens (including phenoxy) is 1. The molecule has 1 saturated heterocycles. The molecule has 1 aliphatic heterocycles. The number of fused-ring (bicyclic) bond motifs is 3. The van der Waals surface area contributed by atoms with Crippen molar-refractivity contribution in [1.29, 1.82) is 0 Å². The summed E-state index contributed by atoms with van der Waals surface area (Å²) >= 11 is 0. The molecule has 8 heteroatoms. The van der Waals surface area contributed by atoms with Gasteiger partial charge in [0.2, 0.25) is 10.0 Å². The van der Waals surface area contributed by atoms with Crippen molar-refractivity contribution >= 4 is 31.8 Å². The third-order valence-corrected chi connectivity index (χ3v) is 9.48. The lowest BCUT2D eigenvalue weighted by atomic mass is 9.78. The Labute approximate surface area is 202 Å². The second kappa shape index (κ2) is 9.91. The van der Waals surface area contributed by atoms with Gasteiger partial charge < -0.3 is 9.72 Å². The first-order chi connectivity index (χ1) is 16.4. The number of nitrogens with one attached hydrogen (secondary N) is 1. The Morgan fingerprint density at radius 1 is 1.15 bits per heavy atom. The van der Waals surface area contributed by atoms with Crippen LogP contribution in [0.25, 0.3) is 21.8 Å². The standard InChI is InChI=1S/C26H36N4O3S/c1-18(2)16-33-22-4-3-11-30(15-22)34(31,32)17-19-5-7-20(8-6-19)24-14-27-12-21-13-29-26-23(25(21)24)9-10-28-26/h9-10,12-14,18-20,22H,3-8,11,15-17H2,1-2H3,(H,28,29). The predicted molar refractivity (Wildman–Crippen MR) is 135 cm³/mol. The molecule has 3 aromatic heterocycles. The Hall–Kier alpha value is -2.03. The fourth-order valence-corrected chi connectivity index (χ4v) is 7.62. The second-order valence-electron chi connectivity index (χ2n) is 10.5. The molecule has 184 valence electrons. The lowest BCUT2D eigenvalue weighted by Crippen LogP contribution is -2.45. The highest BCUT2D eigenvalue weighted by Gasteiger charge is 2.33. The molecule has 0 spiro atoms. The quantitative estimate of drug-likeness (QED) is 0.518. The van der Waals surface area contributed by atoms with E-state index in [1.165, 1.54) is 10.9 Å². The number of sulfonamides is 1.